The molecule has 0 aromatic heterocycles. The molecule has 17 nitrogen and oxygen atoms in total. The molecule has 2 aliphatic rings. The SMILES string of the molecule is C=C(C)C(=O)OCCOC(=O)NC1CC(C)(C)CC(C)(CNC(=O)OCCC(C)(C)OCCC(C)OC(=O)NCC2(C)CC(NC(=O)OCCOC(=O)C(=C)C)CC(C)(C)C2)C1. The van der Waals surface area contributed by atoms with Gasteiger partial charge in [0.15, 0.2) is 0 Å². The Hall–Kier alpha value is -4.54. The van der Waals surface area contributed by atoms with E-state index >= 15 is 0 Å². The van der Waals surface area contributed by atoms with Gasteiger partial charge in [-0.15, -0.1) is 0 Å². The Kier molecular flexibility index (Phi) is 20.6. The van der Waals surface area contributed by atoms with Crippen molar-refractivity contribution in [3.05, 3.63) is 24.3 Å². The topological polar surface area (TPSA) is 215 Å². The molecule has 4 N–H and O–H groups in total. The van der Waals surface area contributed by atoms with Gasteiger partial charge in [-0.2, -0.15) is 0 Å². The average molecular weight is 881 g/mol. The fraction of sp³-hybridized carbons (Fsp3) is 0.778. The Bertz CT molecular complexity index is 1580. The number of alkyl carbamates (subject to hydrolysis) is 4. The lowest BCUT2D eigenvalue weighted by Crippen LogP contribution is -2.50. The Morgan fingerprint density at radius 1 is 0.597 bits per heavy atom. The zero-order valence-corrected chi connectivity index (χ0v) is 39.3. The minimum atomic E-state index is -0.613. The summed E-state index contributed by atoms with van der Waals surface area (Å²) in [6.07, 6.45) is 2.57. The van der Waals surface area contributed by atoms with Crippen molar-refractivity contribution in [2.24, 2.45) is 21.7 Å². The van der Waals surface area contributed by atoms with E-state index in [1.165, 1.54) is 13.8 Å². The van der Waals surface area contributed by atoms with Crippen molar-refractivity contribution in [3.8, 4) is 0 Å². The monoisotopic (exact) mass is 881 g/mol. The lowest BCUT2D eigenvalue weighted by atomic mass is 9.62. The lowest BCUT2D eigenvalue weighted by Gasteiger charge is -2.46. The molecule has 17 heteroatoms. The fourth-order valence-electron chi connectivity index (χ4n) is 8.81. The predicted octanol–water partition coefficient (Wildman–Crippen LogP) is 7.26. The molecule has 0 spiro atoms. The number of amides is 4. The summed E-state index contributed by atoms with van der Waals surface area (Å²) in [7, 11) is 0. The fourth-order valence-corrected chi connectivity index (χ4v) is 8.81. The number of carbonyl (C=O) groups is 6. The van der Waals surface area contributed by atoms with Gasteiger partial charge in [0.25, 0.3) is 0 Å². The molecule has 0 radical (unpaired) electrons. The molecule has 2 fully saturated rings. The van der Waals surface area contributed by atoms with Gasteiger partial charge in [0.05, 0.1) is 18.8 Å². The van der Waals surface area contributed by atoms with Gasteiger partial charge in [-0.25, -0.2) is 28.8 Å². The summed E-state index contributed by atoms with van der Waals surface area (Å²) in [4.78, 5) is 73.5. The van der Waals surface area contributed by atoms with Gasteiger partial charge in [-0.3, -0.25) is 0 Å². The number of nitrogens with one attached hydrogen (secondary N) is 4. The molecule has 354 valence electrons. The maximum Gasteiger partial charge on any atom is 0.407 e. The normalized spacial score (nSPS) is 23.3. The molecule has 0 aliphatic heterocycles. The quantitative estimate of drug-likeness (QED) is 0.0365. The molecular formula is C45H76N4O13. The van der Waals surface area contributed by atoms with Gasteiger partial charge in [-0.1, -0.05) is 54.7 Å². The molecule has 0 aromatic carbocycles. The summed E-state index contributed by atoms with van der Waals surface area (Å²) in [5.41, 5.74) is -0.934. The Balaban J connectivity index is 1.69. The molecule has 5 atom stereocenters. The third kappa shape index (κ3) is 21.5. The molecule has 0 heterocycles. The average Bonchev–Trinajstić information content (AvgIpc) is 3.11. The van der Waals surface area contributed by atoms with Gasteiger partial charge < -0.3 is 54.4 Å². The summed E-state index contributed by atoms with van der Waals surface area (Å²) in [5.74, 6) is -1.09. The van der Waals surface area contributed by atoms with Crippen LogP contribution >= 0.6 is 0 Å². The van der Waals surface area contributed by atoms with Crippen LogP contribution in [0.1, 0.15) is 128 Å². The van der Waals surface area contributed by atoms with Gasteiger partial charge in [0.2, 0.25) is 0 Å². The molecular weight excluding hydrogens is 805 g/mol. The minimum Gasteiger partial charge on any atom is -0.459 e. The molecule has 0 saturated heterocycles. The predicted molar refractivity (Wildman–Crippen MR) is 232 cm³/mol. The lowest BCUT2D eigenvalue weighted by molar-refractivity contribution is -0.140. The largest absolute Gasteiger partial charge is 0.459 e. The van der Waals surface area contributed by atoms with E-state index in [0.29, 0.717) is 45.4 Å². The summed E-state index contributed by atoms with van der Waals surface area (Å²) in [5, 5.41) is 11.7. The number of hydrogen-bond acceptors (Lipinski definition) is 13. The molecule has 2 rings (SSSR count). The van der Waals surface area contributed by atoms with Gasteiger partial charge in [0, 0.05) is 49.2 Å². The van der Waals surface area contributed by atoms with Gasteiger partial charge >= 0.3 is 36.3 Å². The maximum absolute atomic E-state index is 12.8. The third-order valence-corrected chi connectivity index (χ3v) is 10.9. The van der Waals surface area contributed by atoms with Crippen molar-refractivity contribution in [2.75, 3.05) is 52.7 Å². The van der Waals surface area contributed by atoms with Crippen LogP contribution in [-0.2, 0) is 42.7 Å². The first kappa shape index (κ1) is 53.6. The highest BCUT2D eigenvalue weighted by atomic mass is 16.6. The van der Waals surface area contributed by atoms with Gasteiger partial charge in [-0.05, 0) is 94.8 Å². The molecule has 0 bridgehead atoms. The first-order chi connectivity index (χ1) is 28.6. The van der Waals surface area contributed by atoms with Crippen LogP contribution in [0.2, 0.25) is 0 Å². The van der Waals surface area contributed by atoms with Crippen molar-refractivity contribution in [2.45, 2.75) is 151 Å². The van der Waals surface area contributed by atoms with Crippen molar-refractivity contribution >= 4 is 36.3 Å². The van der Waals surface area contributed by atoms with Crippen LogP contribution in [0.5, 0.6) is 0 Å². The molecule has 2 aliphatic carbocycles. The number of hydrogen-bond donors (Lipinski definition) is 4. The second-order valence-corrected chi connectivity index (χ2v) is 20.1. The van der Waals surface area contributed by atoms with Crippen LogP contribution in [0.4, 0.5) is 19.2 Å². The standard InChI is InChI=1S/C45H76N4O13/c1-30(2)35(50)56-18-20-59-39(54)48-33-22-41(6,7)26-44(12,24-33)28-46-37(52)58-17-15-43(10,11)61-16-14-32(5)62-38(53)47-29-45(13)25-34(23-42(8,9)27-45)49-40(55)60-21-19-57-36(51)31(3)4/h32-34H,1,3,14-29H2,2,4-13H3,(H,46,52)(H,47,53)(H,48,54)(H,49,55). The summed E-state index contributed by atoms with van der Waals surface area (Å²) in [6.45, 7) is 29.2. The second kappa shape index (κ2) is 23.8. The first-order valence-electron chi connectivity index (χ1n) is 21.6. The highest BCUT2D eigenvalue weighted by Gasteiger charge is 2.43. The van der Waals surface area contributed by atoms with E-state index in [4.69, 9.17) is 33.2 Å². The van der Waals surface area contributed by atoms with Crippen LogP contribution in [0.3, 0.4) is 0 Å². The zero-order valence-electron chi connectivity index (χ0n) is 39.3. The minimum absolute atomic E-state index is 0.0653. The number of rotatable bonds is 22. The van der Waals surface area contributed by atoms with Crippen LogP contribution < -0.4 is 21.3 Å². The Morgan fingerprint density at radius 3 is 1.44 bits per heavy atom. The van der Waals surface area contributed by atoms with E-state index in [1.54, 1.807) is 6.92 Å². The first-order valence-corrected chi connectivity index (χ1v) is 21.6. The Labute approximate surface area is 368 Å². The summed E-state index contributed by atoms with van der Waals surface area (Å²) >= 11 is 0. The summed E-state index contributed by atoms with van der Waals surface area (Å²) < 4.78 is 37.5. The third-order valence-electron chi connectivity index (χ3n) is 10.9. The molecule has 2 saturated carbocycles. The van der Waals surface area contributed by atoms with Crippen LogP contribution in [0.15, 0.2) is 24.3 Å². The number of esters is 2. The molecule has 62 heavy (non-hydrogen) atoms. The Morgan fingerprint density at radius 2 is 1.00 bits per heavy atom. The van der Waals surface area contributed by atoms with E-state index < -0.39 is 48.0 Å². The molecule has 5 unspecified atom stereocenters. The van der Waals surface area contributed by atoms with Crippen molar-refractivity contribution in [1.82, 2.24) is 21.3 Å². The van der Waals surface area contributed by atoms with E-state index in [9.17, 15) is 28.8 Å². The smallest absolute Gasteiger partial charge is 0.407 e. The van der Waals surface area contributed by atoms with Crippen LogP contribution in [0.25, 0.3) is 0 Å². The van der Waals surface area contributed by atoms with Crippen molar-refractivity contribution in [3.63, 3.8) is 0 Å². The van der Waals surface area contributed by atoms with E-state index in [0.717, 1.165) is 25.7 Å². The second-order valence-electron chi connectivity index (χ2n) is 20.1. The van der Waals surface area contributed by atoms with Crippen molar-refractivity contribution in [1.29, 1.82) is 0 Å². The van der Waals surface area contributed by atoms with E-state index in [-0.39, 0.29) is 77.9 Å². The van der Waals surface area contributed by atoms with Gasteiger partial charge in [0.1, 0.15) is 32.5 Å². The van der Waals surface area contributed by atoms with Crippen LogP contribution in [0, 0.1) is 21.7 Å². The number of carbonyl (C=O) groups excluding carboxylic acids is 6. The molecule has 4 amide bonds. The van der Waals surface area contributed by atoms with E-state index in [2.05, 4.69) is 76.0 Å². The zero-order chi connectivity index (χ0) is 46.9. The summed E-state index contributed by atoms with van der Waals surface area (Å²) in [6, 6.07) is -0.357. The molecule has 0 aromatic rings. The maximum atomic E-state index is 12.8. The number of ether oxygens (including phenoxy) is 7. The van der Waals surface area contributed by atoms with Crippen LogP contribution in [-0.4, -0.2) is 113 Å². The highest BCUT2D eigenvalue weighted by Crippen LogP contribution is 2.47. The van der Waals surface area contributed by atoms with E-state index in [1.807, 2.05) is 13.8 Å². The van der Waals surface area contributed by atoms with Crippen molar-refractivity contribution < 1.29 is 61.9 Å². The highest BCUT2D eigenvalue weighted by molar-refractivity contribution is 5.87.